The molecule has 2 aliphatic heterocycles. The van der Waals surface area contributed by atoms with Crippen molar-refractivity contribution in [2.75, 3.05) is 13.1 Å². The Bertz CT molecular complexity index is 364. The van der Waals surface area contributed by atoms with E-state index >= 15 is 0 Å². The number of nitrogens with one attached hydrogen (secondary N) is 1. The Hall–Kier alpha value is -0.380. The Morgan fingerprint density at radius 3 is 2.68 bits per heavy atom. The van der Waals surface area contributed by atoms with Crippen molar-refractivity contribution in [3.8, 4) is 0 Å². The molecule has 0 aromatic carbocycles. The summed E-state index contributed by atoms with van der Waals surface area (Å²) >= 11 is 1.90. The zero-order valence-corrected chi connectivity index (χ0v) is 12.8. The maximum atomic E-state index is 3.76. The van der Waals surface area contributed by atoms with Crippen LogP contribution in [0.1, 0.15) is 43.9 Å². The van der Waals surface area contributed by atoms with E-state index in [9.17, 15) is 0 Å². The second-order valence-electron chi connectivity index (χ2n) is 6.13. The first kappa shape index (κ1) is 13.6. The molecule has 106 valence electrons. The molecule has 1 aromatic heterocycles. The molecule has 0 radical (unpaired) electrons. The van der Waals surface area contributed by atoms with Crippen molar-refractivity contribution in [2.45, 2.75) is 63.6 Å². The minimum Gasteiger partial charge on any atom is -0.311 e. The van der Waals surface area contributed by atoms with Crippen LogP contribution in [0.15, 0.2) is 17.5 Å². The van der Waals surface area contributed by atoms with E-state index in [0.717, 1.165) is 18.1 Å². The van der Waals surface area contributed by atoms with E-state index in [0.29, 0.717) is 0 Å². The normalized spacial score (nSPS) is 30.1. The Kier molecular flexibility index (Phi) is 4.57. The summed E-state index contributed by atoms with van der Waals surface area (Å²) in [6, 6.07) is 6.91. The van der Waals surface area contributed by atoms with Crippen LogP contribution in [0.5, 0.6) is 0 Å². The van der Waals surface area contributed by atoms with Crippen molar-refractivity contribution < 1.29 is 0 Å². The topological polar surface area (TPSA) is 15.3 Å². The molecule has 2 fully saturated rings. The largest absolute Gasteiger partial charge is 0.311 e. The second kappa shape index (κ2) is 6.38. The van der Waals surface area contributed by atoms with Gasteiger partial charge in [0.25, 0.3) is 0 Å². The third kappa shape index (κ3) is 3.39. The molecule has 2 bridgehead atoms. The minimum atomic E-state index is 0.810. The third-order valence-electron chi connectivity index (χ3n) is 4.70. The molecular formula is C16H26N2S. The van der Waals surface area contributed by atoms with Crippen molar-refractivity contribution in [3.63, 3.8) is 0 Å². The number of nitrogens with zero attached hydrogens (tertiary/aromatic N) is 1. The lowest BCUT2D eigenvalue weighted by molar-refractivity contribution is 0.143. The van der Waals surface area contributed by atoms with E-state index in [2.05, 4.69) is 34.7 Å². The molecule has 2 unspecified atom stereocenters. The SMILES string of the molecule is CCCN(CCc1cccs1)C1CC2CCC(C1)N2. The first-order chi connectivity index (χ1) is 9.35. The first-order valence-corrected chi connectivity index (χ1v) is 8.75. The number of hydrogen-bond donors (Lipinski definition) is 1. The molecular weight excluding hydrogens is 252 g/mol. The van der Waals surface area contributed by atoms with Crippen LogP contribution in [-0.2, 0) is 6.42 Å². The lowest BCUT2D eigenvalue weighted by Crippen LogP contribution is -2.49. The quantitative estimate of drug-likeness (QED) is 0.859. The molecule has 3 rings (SSSR count). The Morgan fingerprint density at radius 2 is 2.05 bits per heavy atom. The van der Waals surface area contributed by atoms with Crippen LogP contribution in [0.3, 0.4) is 0 Å². The fraction of sp³-hybridized carbons (Fsp3) is 0.750. The molecule has 0 spiro atoms. The van der Waals surface area contributed by atoms with Crippen molar-refractivity contribution in [1.82, 2.24) is 10.2 Å². The van der Waals surface area contributed by atoms with Crippen LogP contribution in [0.25, 0.3) is 0 Å². The van der Waals surface area contributed by atoms with Gasteiger partial charge < -0.3 is 5.32 Å². The van der Waals surface area contributed by atoms with Gasteiger partial charge in [-0.2, -0.15) is 0 Å². The van der Waals surface area contributed by atoms with E-state index in [1.807, 2.05) is 11.3 Å². The second-order valence-corrected chi connectivity index (χ2v) is 7.16. The van der Waals surface area contributed by atoms with Crippen LogP contribution in [0.2, 0.25) is 0 Å². The number of thiophene rings is 1. The van der Waals surface area contributed by atoms with E-state index in [1.165, 1.54) is 56.5 Å². The number of piperidine rings is 1. The third-order valence-corrected chi connectivity index (χ3v) is 5.64. The van der Waals surface area contributed by atoms with Crippen molar-refractivity contribution in [1.29, 1.82) is 0 Å². The van der Waals surface area contributed by atoms with Crippen molar-refractivity contribution in [3.05, 3.63) is 22.4 Å². The van der Waals surface area contributed by atoms with Gasteiger partial charge in [-0.1, -0.05) is 13.0 Å². The summed E-state index contributed by atoms with van der Waals surface area (Å²) in [7, 11) is 0. The van der Waals surface area contributed by atoms with Gasteiger partial charge in [0.2, 0.25) is 0 Å². The zero-order chi connectivity index (χ0) is 13.1. The molecule has 0 amide bonds. The Morgan fingerprint density at radius 1 is 1.26 bits per heavy atom. The molecule has 3 heteroatoms. The minimum absolute atomic E-state index is 0.810. The van der Waals surface area contributed by atoms with E-state index in [1.54, 1.807) is 0 Å². The highest BCUT2D eigenvalue weighted by molar-refractivity contribution is 7.09. The van der Waals surface area contributed by atoms with E-state index in [-0.39, 0.29) is 0 Å². The van der Waals surface area contributed by atoms with Gasteiger partial charge >= 0.3 is 0 Å². The van der Waals surface area contributed by atoms with Crippen LogP contribution in [-0.4, -0.2) is 36.1 Å². The highest BCUT2D eigenvalue weighted by atomic mass is 32.1. The molecule has 2 nitrogen and oxygen atoms in total. The van der Waals surface area contributed by atoms with Crippen LogP contribution >= 0.6 is 11.3 Å². The van der Waals surface area contributed by atoms with Crippen molar-refractivity contribution >= 4 is 11.3 Å². The lowest BCUT2D eigenvalue weighted by atomic mass is 9.97. The predicted molar refractivity (Wildman–Crippen MR) is 82.9 cm³/mol. The van der Waals surface area contributed by atoms with Gasteiger partial charge in [0.05, 0.1) is 0 Å². The van der Waals surface area contributed by atoms with Gasteiger partial charge in [-0.25, -0.2) is 0 Å². The van der Waals surface area contributed by atoms with Crippen LogP contribution in [0.4, 0.5) is 0 Å². The number of hydrogen-bond acceptors (Lipinski definition) is 3. The van der Waals surface area contributed by atoms with E-state index < -0.39 is 0 Å². The lowest BCUT2D eigenvalue weighted by Gasteiger charge is -2.37. The van der Waals surface area contributed by atoms with Crippen LogP contribution < -0.4 is 5.32 Å². The first-order valence-electron chi connectivity index (χ1n) is 7.87. The summed E-state index contributed by atoms with van der Waals surface area (Å²) in [6.07, 6.45) is 8.08. The average Bonchev–Trinajstić information content (AvgIpc) is 3.04. The molecule has 0 aliphatic carbocycles. The molecule has 1 aromatic rings. The molecule has 0 saturated carbocycles. The standard InChI is InChI=1S/C16H26N2S/c1-2-8-18(9-7-16-4-3-10-19-16)15-11-13-5-6-14(12-15)17-13/h3-4,10,13-15,17H,2,5-9,11-12H2,1H3. The highest BCUT2D eigenvalue weighted by Crippen LogP contribution is 2.30. The molecule has 2 aliphatic rings. The van der Waals surface area contributed by atoms with Gasteiger partial charge in [0.1, 0.15) is 0 Å². The number of rotatable bonds is 6. The monoisotopic (exact) mass is 278 g/mol. The molecule has 2 saturated heterocycles. The summed E-state index contributed by atoms with van der Waals surface area (Å²) < 4.78 is 0. The van der Waals surface area contributed by atoms with Crippen LogP contribution in [0, 0.1) is 0 Å². The summed E-state index contributed by atoms with van der Waals surface area (Å²) in [4.78, 5) is 4.31. The number of fused-ring (bicyclic) bond motifs is 2. The van der Waals surface area contributed by atoms with E-state index in [4.69, 9.17) is 0 Å². The van der Waals surface area contributed by atoms with Gasteiger partial charge in [-0.3, -0.25) is 4.90 Å². The Balaban J connectivity index is 1.57. The summed E-state index contributed by atoms with van der Waals surface area (Å²) in [5.41, 5.74) is 0. The van der Waals surface area contributed by atoms with Gasteiger partial charge in [0, 0.05) is 29.5 Å². The molecule has 1 N–H and O–H groups in total. The summed E-state index contributed by atoms with van der Waals surface area (Å²) in [6.45, 7) is 4.84. The summed E-state index contributed by atoms with van der Waals surface area (Å²) in [5.74, 6) is 0. The molecule has 19 heavy (non-hydrogen) atoms. The zero-order valence-electron chi connectivity index (χ0n) is 12.0. The van der Waals surface area contributed by atoms with Gasteiger partial charge in [-0.15, -0.1) is 11.3 Å². The smallest absolute Gasteiger partial charge is 0.0125 e. The average molecular weight is 278 g/mol. The highest BCUT2D eigenvalue weighted by Gasteiger charge is 2.35. The van der Waals surface area contributed by atoms with Gasteiger partial charge in [0.15, 0.2) is 0 Å². The fourth-order valence-electron chi connectivity index (χ4n) is 3.80. The Labute approximate surface area is 121 Å². The molecule has 2 atom stereocenters. The van der Waals surface area contributed by atoms with Gasteiger partial charge in [-0.05, 0) is 56.5 Å². The maximum Gasteiger partial charge on any atom is 0.0125 e. The fourth-order valence-corrected chi connectivity index (χ4v) is 4.50. The molecule has 3 heterocycles. The summed E-state index contributed by atoms with van der Waals surface area (Å²) in [5, 5.41) is 5.96. The van der Waals surface area contributed by atoms with Crippen molar-refractivity contribution in [2.24, 2.45) is 0 Å². The maximum absolute atomic E-state index is 3.76. The predicted octanol–water partition coefficient (Wildman–Crippen LogP) is 3.29.